The van der Waals surface area contributed by atoms with Crippen molar-refractivity contribution in [2.75, 3.05) is 0 Å². The standard InChI is InChI=1S/C43H28N2/c1-3-18-38-36(16-1)42(30-24-22-29(23-25-30)32-12-10-26-44-28-32)37-17-2-4-19-39(37)43(38)31-11-9-13-33(27-31)45-40-20-7-5-14-34(40)35-15-6-8-21-41(35)45/h1-28H. The molecule has 9 aromatic rings. The summed E-state index contributed by atoms with van der Waals surface area (Å²) >= 11 is 0. The SMILES string of the molecule is c1cncc(-c2ccc(-c3c4ccccc4c(-c4cccc(-n5c6ccccc6c6ccccc65)c4)c4ccccc34)cc2)c1. The molecule has 0 aliphatic heterocycles. The first kappa shape index (κ1) is 25.5. The quantitative estimate of drug-likeness (QED) is 0.192. The average Bonchev–Trinajstić information content (AvgIpc) is 3.45. The zero-order valence-corrected chi connectivity index (χ0v) is 24.6. The average molecular weight is 573 g/mol. The van der Waals surface area contributed by atoms with Gasteiger partial charge in [-0.15, -0.1) is 0 Å². The van der Waals surface area contributed by atoms with Gasteiger partial charge >= 0.3 is 0 Å². The van der Waals surface area contributed by atoms with E-state index in [9.17, 15) is 0 Å². The van der Waals surface area contributed by atoms with Crippen LogP contribution in [0.1, 0.15) is 0 Å². The van der Waals surface area contributed by atoms with E-state index in [1.165, 1.54) is 71.2 Å². The molecule has 0 spiro atoms. The van der Waals surface area contributed by atoms with E-state index in [1.54, 1.807) is 0 Å². The maximum atomic E-state index is 4.31. The van der Waals surface area contributed by atoms with Gasteiger partial charge in [0.1, 0.15) is 0 Å². The molecule has 7 aromatic carbocycles. The van der Waals surface area contributed by atoms with Crippen molar-refractivity contribution < 1.29 is 0 Å². The number of nitrogens with zero attached hydrogens (tertiary/aromatic N) is 2. The Kier molecular flexibility index (Phi) is 5.85. The summed E-state index contributed by atoms with van der Waals surface area (Å²) in [5.41, 5.74) is 10.8. The van der Waals surface area contributed by atoms with E-state index < -0.39 is 0 Å². The summed E-state index contributed by atoms with van der Waals surface area (Å²) in [4.78, 5) is 4.31. The van der Waals surface area contributed by atoms with Crippen molar-refractivity contribution in [2.24, 2.45) is 0 Å². The van der Waals surface area contributed by atoms with Crippen LogP contribution in [0.3, 0.4) is 0 Å². The van der Waals surface area contributed by atoms with Gasteiger partial charge in [-0.25, -0.2) is 0 Å². The van der Waals surface area contributed by atoms with E-state index in [1.807, 2.05) is 18.5 Å². The molecule has 0 aliphatic carbocycles. The Morgan fingerprint density at radius 1 is 0.356 bits per heavy atom. The van der Waals surface area contributed by atoms with Crippen LogP contribution in [0.2, 0.25) is 0 Å². The van der Waals surface area contributed by atoms with Gasteiger partial charge in [-0.05, 0) is 85.3 Å². The Morgan fingerprint density at radius 3 is 1.40 bits per heavy atom. The van der Waals surface area contributed by atoms with E-state index >= 15 is 0 Å². The van der Waals surface area contributed by atoms with Gasteiger partial charge < -0.3 is 4.57 Å². The minimum Gasteiger partial charge on any atom is -0.309 e. The lowest BCUT2D eigenvalue weighted by atomic mass is 9.85. The lowest BCUT2D eigenvalue weighted by Crippen LogP contribution is -1.95. The number of fused-ring (bicyclic) bond motifs is 5. The number of hydrogen-bond acceptors (Lipinski definition) is 1. The Hall–Kier alpha value is -5.99. The highest BCUT2D eigenvalue weighted by Gasteiger charge is 2.18. The number of rotatable bonds is 4. The molecule has 210 valence electrons. The third-order valence-corrected chi connectivity index (χ3v) is 9.07. The molecule has 0 radical (unpaired) electrons. The molecule has 2 nitrogen and oxygen atoms in total. The van der Waals surface area contributed by atoms with Crippen LogP contribution in [-0.4, -0.2) is 9.55 Å². The lowest BCUT2D eigenvalue weighted by molar-refractivity contribution is 1.18. The van der Waals surface area contributed by atoms with Crippen LogP contribution >= 0.6 is 0 Å². The monoisotopic (exact) mass is 572 g/mol. The molecule has 2 aromatic heterocycles. The van der Waals surface area contributed by atoms with E-state index in [0.717, 1.165) is 11.3 Å². The van der Waals surface area contributed by atoms with Gasteiger partial charge in [0.15, 0.2) is 0 Å². The number of benzene rings is 7. The van der Waals surface area contributed by atoms with Crippen LogP contribution < -0.4 is 0 Å². The molecule has 0 bridgehead atoms. The van der Waals surface area contributed by atoms with Crippen molar-refractivity contribution in [2.45, 2.75) is 0 Å². The smallest absolute Gasteiger partial charge is 0.0541 e. The number of para-hydroxylation sites is 2. The van der Waals surface area contributed by atoms with Gasteiger partial charge in [-0.1, -0.05) is 127 Å². The van der Waals surface area contributed by atoms with E-state index in [2.05, 4.69) is 161 Å². The number of aromatic nitrogens is 2. The van der Waals surface area contributed by atoms with Gasteiger partial charge in [0, 0.05) is 28.9 Å². The molecule has 0 atom stereocenters. The van der Waals surface area contributed by atoms with Gasteiger partial charge in [-0.3, -0.25) is 4.98 Å². The second-order valence-electron chi connectivity index (χ2n) is 11.6. The molecular weight excluding hydrogens is 544 g/mol. The van der Waals surface area contributed by atoms with Crippen LogP contribution in [0.5, 0.6) is 0 Å². The molecule has 0 saturated heterocycles. The minimum atomic E-state index is 1.12. The van der Waals surface area contributed by atoms with Crippen molar-refractivity contribution in [3.05, 3.63) is 170 Å². The van der Waals surface area contributed by atoms with Crippen LogP contribution in [0.25, 0.3) is 82.4 Å². The summed E-state index contributed by atoms with van der Waals surface area (Å²) in [5.74, 6) is 0. The lowest BCUT2D eigenvalue weighted by Gasteiger charge is -2.18. The Balaban J connectivity index is 1.28. The van der Waals surface area contributed by atoms with Crippen molar-refractivity contribution in [3.63, 3.8) is 0 Å². The first-order chi connectivity index (χ1) is 22.3. The fourth-order valence-corrected chi connectivity index (χ4v) is 7.11. The normalized spacial score (nSPS) is 11.6. The van der Waals surface area contributed by atoms with Crippen LogP contribution in [-0.2, 0) is 0 Å². The fraction of sp³-hybridized carbons (Fsp3) is 0. The second-order valence-corrected chi connectivity index (χ2v) is 11.6. The zero-order valence-electron chi connectivity index (χ0n) is 24.6. The molecule has 0 amide bonds. The van der Waals surface area contributed by atoms with Crippen molar-refractivity contribution in [3.8, 4) is 39.1 Å². The predicted molar refractivity (Wildman–Crippen MR) is 190 cm³/mol. The largest absolute Gasteiger partial charge is 0.309 e. The Bertz CT molecular complexity index is 2410. The molecule has 2 heteroatoms. The molecule has 9 rings (SSSR count). The summed E-state index contributed by atoms with van der Waals surface area (Å²) in [7, 11) is 0. The molecule has 0 saturated carbocycles. The topological polar surface area (TPSA) is 17.8 Å². The third kappa shape index (κ3) is 4.07. The highest BCUT2D eigenvalue weighted by molar-refractivity contribution is 6.21. The summed E-state index contributed by atoms with van der Waals surface area (Å²) in [6.45, 7) is 0. The van der Waals surface area contributed by atoms with Crippen LogP contribution in [0.15, 0.2) is 170 Å². The van der Waals surface area contributed by atoms with Gasteiger partial charge in [-0.2, -0.15) is 0 Å². The minimum absolute atomic E-state index is 1.12. The number of pyridine rings is 1. The molecule has 0 N–H and O–H groups in total. The Labute approximate surface area is 261 Å². The summed E-state index contributed by atoms with van der Waals surface area (Å²) in [6.07, 6.45) is 3.73. The summed E-state index contributed by atoms with van der Waals surface area (Å²) in [5, 5.41) is 7.55. The van der Waals surface area contributed by atoms with Crippen LogP contribution in [0, 0.1) is 0 Å². The first-order valence-electron chi connectivity index (χ1n) is 15.4. The zero-order chi connectivity index (χ0) is 29.7. The second kappa shape index (κ2) is 10.3. The van der Waals surface area contributed by atoms with E-state index in [0.29, 0.717) is 0 Å². The third-order valence-electron chi connectivity index (χ3n) is 9.07. The predicted octanol–water partition coefficient (Wildman–Crippen LogP) is 11.5. The molecule has 0 unspecified atom stereocenters. The maximum Gasteiger partial charge on any atom is 0.0541 e. The van der Waals surface area contributed by atoms with Crippen molar-refractivity contribution in [1.82, 2.24) is 9.55 Å². The fourth-order valence-electron chi connectivity index (χ4n) is 7.11. The van der Waals surface area contributed by atoms with Gasteiger partial charge in [0.2, 0.25) is 0 Å². The van der Waals surface area contributed by atoms with Gasteiger partial charge in [0.25, 0.3) is 0 Å². The Morgan fingerprint density at radius 2 is 0.844 bits per heavy atom. The molecule has 45 heavy (non-hydrogen) atoms. The highest BCUT2D eigenvalue weighted by Crippen LogP contribution is 2.44. The van der Waals surface area contributed by atoms with E-state index in [-0.39, 0.29) is 0 Å². The van der Waals surface area contributed by atoms with Crippen molar-refractivity contribution in [1.29, 1.82) is 0 Å². The summed E-state index contributed by atoms with van der Waals surface area (Å²) < 4.78 is 2.40. The van der Waals surface area contributed by atoms with E-state index in [4.69, 9.17) is 0 Å². The molecular formula is C43H28N2. The van der Waals surface area contributed by atoms with Crippen molar-refractivity contribution >= 4 is 43.4 Å². The molecule has 2 heterocycles. The maximum absolute atomic E-state index is 4.31. The molecule has 0 fully saturated rings. The highest BCUT2D eigenvalue weighted by atomic mass is 15.0. The summed E-state index contributed by atoms with van der Waals surface area (Å²) in [6, 6.07) is 57.2. The molecule has 0 aliphatic rings. The van der Waals surface area contributed by atoms with Crippen LogP contribution in [0.4, 0.5) is 0 Å². The number of hydrogen-bond donors (Lipinski definition) is 0. The van der Waals surface area contributed by atoms with Gasteiger partial charge in [0.05, 0.1) is 11.0 Å². The first-order valence-corrected chi connectivity index (χ1v) is 15.4.